The van der Waals surface area contributed by atoms with Crippen LogP contribution in [0, 0.1) is 21.0 Å². The van der Waals surface area contributed by atoms with Crippen LogP contribution in [0.5, 0.6) is 0 Å². The van der Waals surface area contributed by atoms with E-state index in [0.29, 0.717) is 12.8 Å². The fraction of sp³-hybridized carbons (Fsp3) is 0.296. The lowest BCUT2D eigenvalue weighted by atomic mass is 9.99. The SMILES string of the molecule is CC(C)(C)ONC(=O)c1cc(Cc2cccc(NS(=O)(=O)NC3CC3)c2F)c(F)c(F)c1Nc1ccc(I)cc1Cl. The molecule has 41 heavy (non-hydrogen) atoms. The van der Waals surface area contributed by atoms with Gasteiger partial charge in [0.1, 0.15) is 0 Å². The van der Waals surface area contributed by atoms with Gasteiger partial charge in [-0.2, -0.15) is 13.1 Å². The van der Waals surface area contributed by atoms with Crippen LogP contribution >= 0.6 is 34.2 Å². The molecule has 0 aromatic heterocycles. The maximum atomic E-state index is 15.6. The number of carbonyl (C=O) groups excluding carboxylic acids is 1. The largest absolute Gasteiger partial charge is 0.351 e. The molecule has 0 radical (unpaired) electrons. The predicted molar refractivity (Wildman–Crippen MR) is 160 cm³/mol. The number of nitrogens with one attached hydrogen (secondary N) is 4. The molecule has 1 aliphatic rings. The molecule has 8 nitrogen and oxygen atoms in total. The van der Waals surface area contributed by atoms with Crippen LogP contribution in [0.4, 0.5) is 30.2 Å². The van der Waals surface area contributed by atoms with Crippen LogP contribution in [0.25, 0.3) is 0 Å². The van der Waals surface area contributed by atoms with Crippen molar-refractivity contribution in [1.82, 2.24) is 10.2 Å². The van der Waals surface area contributed by atoms with Crippen molar-refractivity contribution in [3.05, 3.63) is 85.2 Å². The Hall–Kier alpha value is -2.59. The van der Waals surface area contributed by atoms with Crippen molar-refractivity contribution in [2.24, 2.45) is 0 Å². The first-order valence-electron chi connectivity index (χ1n) is 12.4. The summed E-state index contributed by atoms with van der Waals surface area (Å²) < 4.78 is 76.2. The molecule has 0 spiro atoms. The number of amides is 1. The molecule has 0 aliphatic heterocycles. The summed E-state index contributed by atoms with van der Waals surface area (Å²) in [6.45, 7) is 5.04. The van der Waals surface area contributed by atoms with Gasteiger partial charge in [-0.1, -0.05) is 23.7 Å². The van der Waals surface area contributed by atoms with Gasteiger partial charge in [-0.05, 0) is 97.7 Å². The molecule has 0 bridgehead atoms. The molecule has 4 rings (SSSR count). The molecule has 0 heterocycles. The molecule has 3 aromatic rings. The molecule has 1 fully saturated rings. The summed E-state index contributed by atoms with van der Waals surface area (Å²) in [5.74, 6) is -4.59. The average molecular weight is 723 g/mol. The van der Waals surface area contributed by atoms with Gasteiger partial charge < -0.3 is 5.32 Å². The van der Waals surface area contributed by atoms with E-state index in [9.17, 15) is 13.2 Å². The molecule has 0 unspecified atom stereocenters. The summed E-state index contributed by atoms with van der Waals surface area (Å²) in [4.78, 5) is 18.5. The van der Waals surface area contributed by atoms with Gasteiger partial charge in [0, 0.05) is 16.0 Å². The van der Waals surface area contributed by atoms with E-state index in [1.54, 1.807) is 39.0 Å². The van der Waals surface area contributed by atoms with Gasteiger partial charge in [-0.3, -0.25) is 14.4 Å². The number of hydrogen-bond acceptors (Lipinski definition) is 5. The van der Waals surface area contributed by atoms with Crippen LogP contribution in [-0.2, 0) is 21.5 Å². The Morgan fingerprint density at radius 3 is 2.37 bits per heavy atom. The molecule has 1 aliphatic carbocycles. The Balaban J connectivity index is 1.71. The van der Waals surface area contributed by atoms with Crippen molar-refractivity contribution in [1.29, 1.82) is 0 Å². The van der Waals surface area contributed by atoms with E-state index in [2.05, 4.69) is 20.2 Å². The topological polar surface area (TPSA) is 109 Å². The molecule has 1 amide bonds. The Bertz CT molecular complexity index is 1600. The van der Waals surface area contributed by atoms with Crippen molar-refractivity contribution in [3.63, 3.8) is 0 Å². The monoisotopic (exact) mass is 722 g/mol. The summed E-state index contributed by atoms with van der Waals surface area (Å²) in [5.41, 5.74) is -0.0194. The highest BCUT2D eigenvalue weighted by molar-refractivity contribution is 14.1. The lowest BCUT2D eigenvalue weighted by Crippen LogP contribution is -2.34. The Morgan fingerprint density at radius 1 is 1.02 bits per heavy atom. The van der Waals surface area contributed by atoms with Crippen LogP contribution in [0.3, 0.4) is 0 Å². The molecule has 3 aromatic carbocycles. The van der Waals surface area contributed by atoms with Crippen LogP contribution in [0.1, 0.15) is 55.1 Å². The van der Waals surface area contributed by atoms with Gasteiger partial charge in [0.2, 0.25) is 0 Å². The highest BCUT2D eigenvalue weighted by atomic mass is 127. The lowest BCUT2D eigenvalue weighted by molar-refractivity contribution is -0.0589. The average Bonchev–Trinajstić information content (AvgIpc) is 3.68. The van der Waals surface area contributed by atoms with Crippen molar-refractivity contribution in [2.45, 2.75) is 51.7 Å². The first kappa shape index (κ1) is 31.3. The third-order valence-electron chi connectivity index (χ3n) is 5.77. The highest BCUT2D eigenvalue weighted by Crippen LogP contribution is 2.34. The molecular formula is C27H27ClF3IN4O4S. The molecule has 4 N–H and O–H groups in total. The first-order valence-corrected chi connectivity index (χ1v) is 15.4. The van der Waals surface area contributed by atoms with E-state index < -0.39 is 51.3 Å². The summed E-state index contributed by atoms with van der Waals surface area (Å²) >= 11 is 8.30. The number of hydrogen-bond donors (Lipinski definition) is 4. The molecule has 0 saturated heterocycles. The quantitative estimate of drug-likeness (QED) is 0.140. The minimum absolute atomic E-state index is 0.131. The van der Waals surface area contributed by atoms with E-state index in [1.165, 1.54) is 18.2 Å². The first-order chi connectivity index (χ1) is 19.1. The second-order valence-electron chi connectivity index (χ2n) is 10.4. The number of benzene rings is 3. The normalized spacial score (nSPS) is 13.7. The minimum atomic E-state index is -4.04. The number of hydroxylamine groups is 1. The Morgan fingerprint density at radius 2 is 1.73 bits per heavy atom. The molecule has 0 atom stereocenters. The summed E-state index contributed by atoms with van der Waals surface area (Å²) in [6.07, 6.45) is 0.877. The van der Waals surface area contributed by atoms with Crippen molar-refractivity contribution < 1.29 is 31.2 Å². The smallest absolute Gasteiger partial charge is 0.299 e. The number of halogens is 5. The number of anilines is 3. The third kappa shape index (κ3) is 8.25. The second kappa shape index (κ2) is 12.3. The molecule has 220 valence electrons. The van der Waals surface area contributed by atoms with Crippen molar-refractivity contribution in [2.75, 3.05) is 10.0 Å². The van der Waals surface area contributed by atoms with Gasteiger partial charge in [0.15, 0.2) is 17.5 Å². The lowest BCUT2D eigenvalue weighted by Gasteiger charge is -2.21. The standard InChI is InChI=1S/C27H27ClF3IN4O4S/c1-27(2,3)40-34-26(37)18-12-15(23(30)24(31)25(18)33-20-10-7-16(32)13-19(20)28)11-14-5-4-6-21(22(14)29)36-41(38,39)35-17-8-9-17/h4-7,10,12-13,17,33,35-36H,8-9,11H2,1-3H3,(H,34,37). The number of carbonyl (C=O) groups is 1. The van der Waals surface area contributed by atoms with Crippen LogP contribution in [0.15, 0.2) is 42.5 Å². The van der Waals surface area contributed by atoms with Crippen molar-refractivity contribution in [3.8, 4) is 0 Å². The van der Waals surface area contributed by atoms with Gasteiger partial charge in [0.25, 0.3) is 16.1 Å². The van der Waals surface area contributed by atoms with Crippen molar-refractivity contribution >= 4 is 67.4 Å². The fourth-order valence-electron chi connectivity index (χ4n) is 3.68. The van der Waals surface area contributed by atoms with Gasteiger partial charge in [-0.25, -0.2) is 18.7 Å². The van der Waals surface area contributed by atoms with E-state index >= 15 is 13.2 Å². The zero-order chi connectivity index (χ0) is 30.1. The maximum Gasteiger partial charge on any atom is 0.299 e. The van der Waals surface area contributed by atoms with E-state index in [1.807, 2.05) is 22.6 Å². The fourth-order valence-corrected chi connectivity index (χ4v) is 5.77. The third-order valence-corrected chi connectivity index (χ3v) is 7.89. The number of rotatable bonds is 10. The van der Waals surface area contributed by atoms with E-state index in [4.69, 9.17) is 16.4 Å². The zero-order valence-electron chi connectivity index (χ0n) is 22.2. The molecule has 1 saturated carbocycles. The van der Waals surface area contributed by atoms with Crippen LogP contribution in [-0.4, -0.2) is 26.0 Å². The summed E-state index contributed by atoms with van der Waals surface area (Å²) in [7, 11) is -4.04. The van der Waals surface area contributed by atoms with Gasteiger partial charge in [0.05, 0.1) is 33.2 Å². The predicted octanol–water partition coefficient (Wildman–Crippen LogP) is 6.56. The van der Waals surface area contributed by atoms with E-state index in [0.717, 1.165) is 9.64 Å². The van der Waals surface area contributed by atoms with Crippen LogP contribution in [0.2, 0.25) is 5.02 Å². The zero-order valence-corrected chi connectivity index (χ0v) is 25.9. The highest BCUT2D eigenvalue weighted by Gasteiger charge is 2.28. The molecular weight excluding hydrogens is 696 g/mol. The van der Waals surface area contributed by atoms with Crippen LogP contribution < -0.4 is 20.2 Å². The Labute approximate surface area is 254 Å². The maximum absolute atomic E-state index is 15.6. The molecule has 14 heteroatoms. The summed E-state index contributed by atoms with van der Waals surface area (Å²) in [6, 6.07) is 9.59. The van der Waals surface area contributed by atoms with Gasteiger partial charge >= 0.3 is 0 Å². The minimum Gasteiger partial charge on any atom is -0.351 e. The second-order valence-corrected chi connectivity index (χ2v) is 13.5. The van der Waals surface area contributed by atoms with E-state index in [-0.39, 0.29) is 39.1 Å². The Kier molecular flexibility index (Phi) is 9.43. The summed E-state index contributed by atoms with van der Waals surface area (Å²) in [5, 5.41) is 2.89. The van der Waals surface area contributed by atoms with Gasteiger partial charge in [-0.15, -0.1) is 0 Å².